The number of aromatic amines is 2. The molecule has 0 fully saturated rings. The van der Waals surface area contributed by atoms with Gasteiger partial charge in [-0.05, 0) is 30.0 Å². The molecule has 2 aromatic carbocycles. The number of nitrogens with two attached hydrogens (primary N) is 3. The van der Waals surface area contributed by atoms with Crippen molar-refractivity contribution in [3.63, 3.8) is 0 Å². The summed E-state index contributed by atoms with van der Waals surface area (Å²) in [6, 6.07) is 13.4. The number of fused-ring (bicyclic) bond motifs is 1. The number of H-pyrrole nitrogens is 2. The minimum absolute atomic E-state index is 0.0105. The van der Waals surface area contributed by atoms with Gasteiger partial charge in [0.15, 0.2) is 5.96 Å². The fraction of sp³-hybridized carbons (Fsp3) is 0.314. The summed E-state index contributed by atoms with van der Waals surface area (Å²) < 4.78 is 0. The van der Waals surface area contributed by atoms with Crippen molar-refractivity contribution in [2.24, 2.45) is 22.2 Å². The highest BCUT2D eigenvalue weighted by atomic mass is 16.2. The molecule has 4 aromatic rings. The first-order chi connectivity index (χ1) is 25.0. The molecule has 0 saturated heterocycles. The smallest absolute Gasteiger partial charge is 0.243 e. The molecule has 2 heterocycles. The second kappa shape index (κ2) is 18.9. The summed E-state index contributed by atoms with van der Waals surface area (Å²) in [5.41, 5.74) is 19.5. The Morgan fingerprint density at radius 1 is 0.788 bits per heavy atom. The van der Waals surface area contributed by atoms with Crippen LogP contribution in [0.5, 0.6) is 0 Å². The SMILES string of the molecule is N#CCC(=O)N[C@@H](Cc1cnc[nH]1)C(=O)N[C@@H](Cc1ccccc1)C(=O)N[C@@H](CCCN=C(N)N)C(=O)N[C@@H](Cc1c[nH]c2ccccc12)C(N)=O. The standard InChI is InChI=1S/C35H42N12O5/c36-13-12-30(48)44-29(17-23-19-40-20-43-23)34(52)47-28(15-21-7-2-1-3-8-21)33(51)45-26(11-6-14-41-35(38)39)32(50)46-27(31(37)49)16-22-18-42-25-10-5-4-9-24(22)25/h1-5,7-10,18-20,26-29,42H,6,11-12,14-17H2,(H2,37,49)(H,40,43)(H,44,48)(H,45,51)(H,46,50)(H,47,52)(H4,38,39,41)/t26-,27-,28-,29-/m0/s1. The second-order valence-electron chi connectivity index (χ2n) is 12.0. The fourth-order valence-electron chi connectivity index (χ4n) is 5.53. The minimum atomic E-state index is -1.22. The quantitative estimate of drug-likeness (QED) is 0.0338. The number of aliphatic imine (C=N–C) groups is 1. The van der Waals surface area contributed by atoms with E-state index in [-0.39, 0.29) is 44.6 Å². The number of benzene rings is 2. The molecule has 12 N–H and O–H groups in total. The number of aromatic nitrogens is 3. The van der Waals surface area contributed by atoms with Crippen LogP contribution in [-0.2, 0) is 43.2 Å². The van der Waals surface area contributed by atoms with Crippen molar-refractivity contribution in [1.29, 1.82) is 5.26 Å². The Labute approximate surface area is 299 Å². The summed E-state index contributed by atoms with van der Waals surface area (Å²) in [6.07, 6.45) is 4.57. The average Bonchev–Trinajstić information content (AvgIpc) is 3.79. The maximum absolute atomic E-state index is 14.0. The third-order valence-corrected chi connectivity index (χ3v) is 8.12. The van der Waals surface area contributed by atoms with Gasteiger partial charge in [0.2, 0.25) is 29.5 Å². The van der Waals surface area contributed by atoms with E-state index in [0.717, 1.165) is 16.5 Å². The highest BCUT2D eigenvalue weighted by molar-refractivity contribution is 5.96. The molecule has 2 aromatic heterocycles. The zero-order valence-electron chi connectivity index (χ0n) is 28.3. The predicted molar refractivity (Wildman–Crippen MR) is 191 cm³/mol. The van der Waals surface area contributed by atoms with E-state index >= 15 is 0 Å². The largest absolute Gasteiger partial charge is 0.370 e. The van der Waals surface area contributed by atoms with Gasteiger partial charge in [0.05, 0.1) is 12.4 Å². The Morgan fingerprint density at radius 3 is 2.12 bits per heavy atom. The number of hydrogen-bond acceptors (Lipinski definition) is 8. The zero-order valence-corrected chi connectivity index (χ0v) is 28.3. The summed E-state index contributed by atoms with van der Waals surface area (Å²) in [6.45, 7) is 0.151. The summed E-state index contributed by atoms with van der Waals surface area (Å²) in [5, 5.41) is 20.5. The van der Waals surface area contributed by atoms with E-state index in [9.17, 15) is 24.0 Å². The number of rotatable bonds is 19. The van der Waals surface area contributed by atoms with Crippen molar-refractivity contribution in [2.75, 3.05) is 6.54 Å². The van der Waals surface area contributed by atoms with Crippen LogP contribution in [0.15, 0.2) is 78.3 Å². The van der Waals surface area contributed by atoms with E-state index in [1.54, 1.807) is 42.6 Å². The van der Waals surface area contributed by atoms with Crippen LogP contribution in [-0.4, -0.2) is 81.2 Å². The molecule has 5 amide bonds. The molecular formula is C35H42N12O5. The van der Waals surface area contributed by atoms with Gasteiger partial charge in [0.25, 0.3) is 0 Å². The van der Waals surface area contributed by atoms with Crippen LogP contribution in [0.3, 0.4) is 0 Å². The lowest BCUT2D eigenvalue weighted by Gasteiger charge is -2.26. The van der Waals surface area contributed by atoms with Crippen LogP contribution < -0.4 is 38.5 Å². The van der Waals surface area contributed by atoms with Crippen molar-refractivity contribution >= 4 is 46.4 Å². The first-order valence-electron chi connectivity index (χ1n) is 16.5. The molecular weight excluding hydrogens is 668 g/mol. The Bertz CT molecular complexity index is 1900. The maximum Gasteiger partial charge on any atom is 0.243 e. The van der Waals surface area contributed by atoms with Crippen LogP contribution in [0.2, 0.25) is 0 Å². The van der Waals surface area contributed by atoms with E-state index in [2.05, 4.69) is 41.2 Å². The van der Waals surface area contributed by atoms with Gasteiger partial charge in [-0.1, -0.05) is 48.5 Å². The van der Waals surface area contributed by atoms with Crippen LogP contribution in [0, 0.1) is 11.3 Å². The first kappa shape index (κ1) is 38.1. The van der Waals surface area contributed by atoms with Crippen molar-refractivity contribution in [1.82, 2.24) is 36.2 Å². The number of guanidine groups is 1. The Kier molecular flexibility index (Phi) is 13.8. The lowest BCUT2D eigenvalue weighted by Crippen LogP contribution is -2.59. The maximum atomic E-state index is 14.0. The molecule has 4 rings (SSSR count). The Morgan fingerprint density at radius 2 is 1.44 bits per heavy atom. The number of amides is 5. The van der Waals surface area contributed by atoms with Crippen molar-refractivity contribution < 1.29 is 24.0 Å². The van der Waals surface area contributed by atoms with Crippen molar-refractivity contribution in [3.05, 3.63) is 90.1 Å². The monoisotopic (exact) mass is 710 g/mol. The van der Waals surface area contributed by atoms with Gasteiger partial charge < -0.3 is 48.4 Å². The number of nitrogens with one attached hydrogen (secondary N) is 6. The number of carbonyl (C=O) groups excluding carboxylic acids is 5. The van der Waals surface area contributed by atoms with E-state index in [0.29, 0.717) is 11.3 Å². The van der Waals surface area contributed by atoms with E-state index in [4.69, 9.17) is 22.5 Å². The number of primary amides is 1. The fourth-order valence-corrected chi connectivity index (χ4v) is 5.53. The van der Waals surface area contributed by atoms with Crippen LogP contribution in [0.1, 0.15) is 36.1 Å². The number of carbonyl (C=O) groups is 5. The summed E-state index contributed by atoms with van der Waals surface area (Å²) in [4.78, 5) is 80.3. The third kappa shape index (κ3) is 11.4. The van der Waals surface area contributed by atoms with E-state index < -0.39 is 60.1 Å². The second-order valence-corrected chi connectivity index (χ2v) is 12.0. The highest BCUT2D eigenvalue weighted by Gasteiger charge is 2.31. The van der Waals surface area contributed by atoms with Crippen LogP contribution >= 0.6 is 0 Å². The highest BCUT2D eigenvalue weighted by Crippen LogP contribution is 2.19. The molecule has 0 aliphatic rings. The van der Waals surface area contributed by atoms with E-state index in [1.807, 2.05) is 24.3 Å². The molecule has 0 aliphatic carbocycles. The minimum Gasteiger partial charge on any atom is -0.370 e. The molecule has 0 spiro atoms. The van der Waals surface area contributed by atoms with Gasteiger partial charge in [0.1, 0.15) is 30.6 Å². The molecule has 0 unspecified atom stereocenters. The van der Waals surface area contributed by atoms with Gasteiger partial charge in [-0.25, -0.2) is 4.98 Å². The van der Waals surface area contributed by atoms with Crippen molar-refractivity contribution in [2.45, 2.75) is 62.7 Å². The zero-order chi connectivity index (χ0) is 37.5. The summed E-state index contributed by atoms with van der Waals surface area (Å²) >= 11 is 0. The molecule has 17 nitrogen and oxygen atoms in total. The van der Waals surface area contributed by atoms with Crippen molar-refractivity contribution in [3.8, 4) is 6.07 Å². The number of para-hydroxylation sites is 1. The molecule has 272 valence electrons. The molecule has 0 radical (unpaired) electrons. The average molecular weight is 711 g/mol. The number of nitrogens with zero attached hydrogens (tertiary/aromatic N) is 3. The van der Waals surface area contributed by atoms with E-state index in [1.165, 1.54) is 12.5 Å². The molecule has 0 saturated carbocycles. The first-order valence-corrected chi connectivity index (χ1v) is 16.5. The van der Waals surface area contributed by atoms with Gasteiger partial charge in [-0.2, -0.15) is 5.26 Å². The molecule has 17 heteroatoms. The van der Waals surface area contributed by atoms with Crippen LogP contribution in [0.25, 0.3) is 10.9 Å². The number of hydrogen-bond donors (Lipinski definition) is 9. The Balaban J connectivity index is 1.56. The van der Waals surface area contributed by atoms with Gasteiger partial charge in [-0.3, -0.25) is 29.0 Å². The van der Waals surface area contributed by atoms with Crippen LogP contribution in [0.4, 0.5) is 0 Å². The number of nitriles is 1. The van der Waals surface area contributed by atoms with Gasteiger partial charge in [0, 0.05) is 54.8 Å². The topological polar surface area (TPSA) is 292 Å². The third-order valence-electron chi connectivity index (χ3n) is 8.12. The summed E-state index contributed by atoms with van der Waals surface area (Å²) in [7, 11) is 0. The number of imidazole rings is 1. The molecule has 4 atom stereocenters. The van der Waals surface area contributed by atoms with Gasteiger partial charge in [-0.15, -0.1) is 0 Å². The summed E-state index contributed by atoms with van der Waals surface area (Å²) in [5.74, 6) is -3.71. The van der Waals surface area contributed by atoms with Gasteiger partial charge >= 0.3 is 0 Å². The lowest BCUT2D eigenvalue weighted by molar-refractivity contribution is -0.134. The molecule has 0 bridgehead atoms. The Hall–Kier alpha value is -6.70. The normalized spacial score (nSPS) is 13.1. The lowest BCUT2D eigenvalue weighted by atomic mass is 10.0. The molecule has 52 heavy (non-hydrogen) atoms. The predicted octanol–water partition coefficient (Wildman–Crippen LogP) is -0.689. The molecule has 0 aliphatic heterocycles.